The molecule has 152 valence electrons. The second-order valence-corrected chi connectivity index (χ2v) is 10.5. The van der Waals surface area contributed by atoms with E-state index in [0.717, 1.165) is 48.7 Å². The summed E-state index contributed by atoms with van der Waals surface area (Å²) in [5, 5.41) is 16.1. The first-order valence-corrected chi connectivity index (χ1v) is 10.9. The Kier molecular flexibility index (Phi) is 4.06. The van der Waals surface area contributed by atoms with Crippen LogP contribution in [0, 0.1) is 22.7 Å². The van der Waals surface area contributed by atoms with E-state index in [1.807, 2.05) is 29.9 Å². The first kappa shape index (κ1) is 18.9. The van der Waals surface area contributed by atoms with Crippen LogP contribution in [0.2, 0.25) is 5.02 Å². The Balaban J connectivity index is 1.44. The van der Waals surface area contributed by atoms with Gasteiger partial charge in [0.1, 0.15) is 0 Å². The summed E-state index contributed by atoms with van der Waals surface area (Å²) in [6.45, 7) is 4.17. The maximum atomic E-state index is 13.5. The number of hydrogen-bond acceptors (Lipinski definition) is 3. The smallest absolute Gasteiger partial charge is 0.224 e. The van der Waals surface area contributed by atoms with Crippen molar-refractivity contribution < 1.29 is 4.79 Å². The van der Waals surface area contributed by atoms with Gasteiger partial charge < -0.3 is 4.90 Å². The van der Waals surface area contributed by atoms with Gasteiger partial charge >= 0.3 is 0 Å². The minimum absolute atomic E-state index is 0.187. The lowest BCUT2D eigenvalue weighted by molar-refractivity contribution is -0.154. The number of halogens is 1. The summed E-state index contributed by atoms with van der Waals surface area (Å²) in [5.74, 6) is 0.811. The number of carbonyl (C=O) groups is 1. The molecule has 0 N–H and O–H groups in total. The number of fused-ring (bicyclic) bond motifs is 1. The predicted octanol–water partition coefficient (Wildman–Crippen LogP) is 4.58. The number of amides is 1. The molecule has 2 atom stereocenters. The topological polar surface area (TPSA) is 61.9 Å². The molecule has 5 nitrogen and oxygen atoms in total. The molecule has 29 heavy (non-hydrogen) atoms. The van der Waals surface area contributed by atoms with Crippen molar-refractivity contribution in [3.8, 4) is 6.07 Å². The average Bonchev–Trinajstić information content (AvgIpc) is 3.00. The maximum absolute atomic E-state index is 13.5. The third-order valence-electron chi connectivity index (χ3n) is 7.52. The van der Waals surface area contributed by atoms with E-state index in [1.54, 1.807) is 0 Å². The van der Waals surface area contributed by atoms with Gasteiger partial charge in [0.15, 0.2) is 0 Å². The Bertz CT molecular complexity index is 1030. The van der Waals surface area contributed by atoms with E-state index in [1.165, 1.54) is 0 Å². The van der Waals surface area contributed by atoms with Crippen LogP contribution in [0.3, 0.4) is 0 Å². The molecule has 1 amide bonds. The number of aryl methyl sites for hydroxylation is 1. The molecular weight excluding hydrogens is 384 g/mol. The summed E-state index contributed by atoms with van der Waals surface area (Å²) < 4.78 is 1.85. The summed E-state index contributed by atoms with van der Waals surface area (Å²) in [6.07, 6.45) is 5.25. The normalized spacial score (nSPS) is 30.7. The summed E-state index contributed by atoms with van der Waals surface area (Å²) in [7, 11) is 1.92. The molecule has 1 aromatic carbocycles. The summed E-state index contributed by atoms with van der Waals surface area (Å²) in [6, 6.07) is 8.89. The highest BCUT2D eigenvalue weighted by Gasteiger charge is 2.56. The quantitative estimate of drug-likeness (QED) is 0.744. The SMILES string of the molecule is Cn1nc(C(C)(C)CC(=O)N2C3CC4CC2CC(C#N)(C4)C3)c2c(Cl)cccc21. The minimum Gasteiger partial charge on any atom is -0.337 e. The number of benzene rings is 1. The average molecular weight is 411 g/mol. The number of piperidine rings is 2. The van der Waals surface area contributed by atoms with Crippen LogP contribution in [0.4, 0.5) is 0 Å². The van der Waals surface area contributed by atoms with Crippen LogP contribution in [0.25, 0.3) is 10.9 Å². The molecule has 2 saturated carbocycles. The summed E-state index contributed by atoms with van der Waals surface area (Å²) >= 11 is 6.52. The maximum Gasteiger partial charge on any atom is 0.224 e. The molecule has 0 radical (unpaired) electrons. The Morgan fingerprint density at radius 1 is 1.31 bits per heavy atom. The molecule has 4 aliphatic rings. The first-order chi connectivity index (χ1) is 13.7. The summed E-state index contributed by atoms with van der Waals surface area (Å²) in [5.41, 5.74) is 1.25. The van der Waals surface area contributed by atoms with Gasteiger partial charge in [-0.2, -0.15) is 10.4 Å². The molecule has 2 unspecified atom stereocenters. The van der Waals surface area contributed by atoms with Gasteiger partial charge in [-0.3, -0.25) is 9.48 Å². The van der Waals surface area contributed by atoms with Crippen LogP contribution in [0.15, 0.2) is 18.2 Å². The van der Waals surface area contributed by atoms with Crippen molar-refractivity contribution in [2.75, 3.05) is 0 Å². The van der Waals surface area contributed by atoms with Crippen molar-refractivity contribution in [1.29, 1.82) is 5.26 Å². The zero-order valence-corrected chi connectivity index (χ0v) is 18.0. The molecule has 0 spiro atoms. The number of nitrogens with zero attached hydrogens (tertiary/aromatic N) is 4. The summed E-state index contributed by atoms with van der Waals surface area (Å²) in [4.78, 5) is 15.7. The third kappa shape index (κ3) is 2.79. The molecule has 2 saturated heterocycles. The number of rotatable bonds is 3. The van der Waals surface area contributed by atoms with E-state index < -0.39 is 5.41 Å². The standard InChI is InChI=1S/C23H27ClN4O/c1-22(2,21-20-17(24)5-4-6-18(20)27(3)26-21)12-19(29)28-15-7-14-8-16(28)11-23(9-14,10-15)13-25/h4-6,14-16H,7-12H2,1-3H3. The van der Waals surface area contributed by atoms with Gasteiger partial charge in [0, 0.05) is 36.4 Å². The number of hydrogen-bond donors (Lipinski definition) is 0. The molecule has 1 aromatic heterocycles. The number of nitriles is 1. The zero-order valence-electron chi connectivity index (χ0n) is 17.3. The van der Waals surface area contributed by atoms with Crippen LogP contribution in [-0.2, 0) is 17.3 Å². The van der Waals surface area contributed by atoms with Crippen LogP contribution >= 0.6 is 11.6 Å². The molecule has 6 rings (SSSR count). The van der Waals surface area contributed by atoms with E-state index in [4.69, 9.17) is 16.7 Å². The molecule has 4 fully saturated rings. The molecule has 3 heterocycles. The van der Waals surface area contributed by atoms with Crippen molar-refractivity contribution in [3.63, 3.8) is 0 Å². The van der Waals surface area contributed by atoms with E-state index in [9.17, 15) is 10.1 Å². The molecule has 4 bridgehead atoms. The lowest BCUT2D eigenvalue weighted by atomic mass is 9.56. The Labute approximate surface area is 176 Å². The van der Waals surface area contributed by atoms with Crippen LogP contribution in [0.5, 0.6) is 0 Å². The fraction of sp³-hybridized carbons (Fsp3) is 0.609. The number of carbonyl (C=O) groups excluding carboxylic acids is 1. The highest BCUT2D eigenvalue weighted by molar-refractivity contribution is 6.35. The monoisotopic (exact) mass is 410 g/mol. The highest BCUT2D eigenvalue weighted by atomic mass is 35.5. The molecular formula is C23H27ClN4O. The van der Waals surface area contributed by atoms with Gasteiger partial charge in [-0.15, -0.1) is 0 Å². The van der Waals surface area contributed by atoms with E-state index >= 15 is 0 Å². The van der Waals surface area contributed by atoms with Gasteiger partial charge in [-0.1, -0.05) is 31.5 Å². The first-order valence-electron chi connectivity index (χ1n) is 10.6. The van der Waals surface area contributed by atoms with E-state index in [0.29, 0.717) is 17.4 Å². The van der Waals surface area contributed by atoms with Crippen molar-refractivity contribution >= 4 is 28.4 Å². The lowest BCUT2D eigenvalue weighted by Crippen LogP contribution is -2.63. The molecule has 2 aromatic rings. The van der Waals surface area contributed by atoms with Crippen LogP contribution < -0.4 is 0 Å². The van der Waals surface area contributed by atoms with Gasteiger partial charge in [-0.05, 0) is 50.2 Å². The predicted molar refractivity (Wildman–Crippen MR) is 112 cm³/mol. The minimum atomic E-state index is -0.427. The van der Waals surface area contributed by atoms with Gasteiger partial charge in [0.2, 0.25) is 5.91 Å². The van der Waals surface area contributed by atoms with Gasteiger partial charge in [0.05, 0.1) is 27.7 Å². The van der Waals surface area contributed by atoms with E-state index in [-0.39, 0.29) is 23.4 Å². The molecule has 6 heteroatoms. The van der Waals surface area contributed by atoms with Crippen LogP contribution in [0.1, 0.15) is 58.1 Å². The Morgan fingerprint density at radius 3 is 2.66 bits per heavy atom. The van der Waals surface area contributed by atoms with Crippen molar-refractivity contribution in [1.82, 2.24) is 14.7 Å². The Morgan fingerprint density at radius 2 is 2.00 bits per heavy atom. The van der Waals surface area contributed by atoms with Gasteiger partial charge in [-0.25, -0.2) is 0 Å². The fourth-order valence-electron chi connectivity index (χ4n) is 6.47. The largest absolute Gasteiger partial charge is 0.337 e. The number of aromatic nitrogens is 2. The third-order valence-corrected chi connectivity index (χ3v) is 7.83. The second-order valence-electron chi connectivity index (χ2n) is 10.1. The Hall–Kier alpha value is -2.06. The second kappa shape index (κ2) is 6.22. The van der Waals surface area contributed by atoms with Crippen molar-refractivity contribution in [2.24, 2.45) is 18.4 Å². The molecule has 2 aliphatic heterocycles. The van der Waals surface area contributed by atoms with Gasteiger partial charge in [0.25, 0.3) is 0 Å². The lowest BCUT2D eigenvalue weighted by Gasteiger charge is -2.59. The fourth-order valence-corrected chi connectivity index (χ4v) is 6.73. The van der Waals surface area contributed by atoms with Crippen molar-refractivity contribution in [3.05, 3.63) is 28.9 Å². The zero-order chi connectivity index (χ0) is 20.6. The van der Waals surface area contributed by atoms with Crippen LogP contribution in [-0.4, -0.2) is 32.7 Å². The molecule has 2 aliphatic carbocycles. The van der Waals surface area contributed by atoms with E-state index in [2.05, 4.69) is 24.8 Å². The highest BCUT2D eigenvalue weighted by Crippen LogP contribution is 2.56. The van der Waals surface area contributed by atoms with Crippen molar-refractivity contribution in [2.45, 2.75) is 69.9 Å².